The van der Waals surface area contributed by atoms with Gasteiger partial charge in [-0.25, -0.2) is 0 Å². The fraction of sp³-hybridized carbons (Fsp3) is 0.286. The summed E-state index contributed by atoms with van der Waals surface area (Å²) in [5.41, 5.74) is 1.06. The van der Waals surface area contributed by atoms with Crippen molar-refractivity contribution in [2.45, 2.75) is 19.0 Å². The van der Waals surface area contributed by atoms with Crippen LogP contribution in [0.1, 0.15) is 30.3 Å². The van der Waals surface area contributed by atoms with E-state index in [2.05, 4.69) is 21.2 Å². The molecule has 1 heterocycles. The molecule has 18 heavy (non-hydrogen) atoms. The fourth-order valence-electron chi connectivity index (χ4n) is 1.93. The minimum absolute atomic E-state index is 0.0201. The van der Waals surface area contributed by atoms with Crippen molar-refractivity contribution in [2.24, 2.45) is 0 Å². The molecule has 4 heteroatoms. The molecule has 0 bridgehead atoms. The minimum atomic E-state index is -0.0989. The maximum absolute atomic E-state index is 9.49. The number of nitrogens with one attached hydrogen (secondary N) is 1. The second kappa shape index (κ2) is 6.18. The van der Waals surface area contributed by atoms with Crippen LogP contribution in [0.5, 0.6) is 0 Å². The highest BCUT2D eigenvalue weighted by molar-refractivity contribution is 9.10. The van der Waals surface area contributed by atoms with Crippen molar-refractivity contribution in [2.75, 3.05) is 6.61 Å². The van der Waals surface area contributed by atoms with E-state index in [1.807, 2.05) is 43.3 Å². The van der Waals surface area contributed by atoms with Gasteiger partial charge in [0.25, 0.3) is 0 Å². The Kier molecular flexibility index (Phi) is 4.58. The molecular formula is C14H16BrNO2. The highest BCUT2D eigenvalue weighted by Crippen LogP contribution is 2.26. The van der Waals surface area contributed by atoms with Crippen molar-refractivity contribution in [3.8, 4) is 0 Å². The second-order valence-corrected chi connectivity index (χ2v) is 5.02. The van der Waals surface area contributed by atoms with E-state index in [-0.39, 0.29) is 18.7 Å². The molecule has 0 saturated carbocycles. The summed E-state index contributed by atoms with van der Waals surface area (Å²) >= 11 is 3.44. The zero-order valence-electron chi connectivity index (χ0n) is 10.1. The largest absolute Gasteiger partial charge is 0.466 e. The van der Waals surface area contributed by atoms with Gasteiger partial charge >= 0.3 is 0 Å². The molecule has 2 aromatic rings. The number of hydrogen-bond acceptors (Lipinski definition) is 3. The molecular weight excluding hydrogens is 294 g/mol. The molecule has 1 aromatic carbocycles. The standard InChI is InChI=1S/C14H16BrNO2/c1-10(14-12(15)7-8-18-14)16-13(9-17)11-5-3-2-4-6-11/h2-8,10,13,16-17H,9H2,1H3. The molecule has 3 nitrogen and oxygen atoms in total. The van der Waals surface area contributed by atoms with Crippen molar-refractivity contribution >= 4 is 15.9 Å². The summed E-state index contributed by atoms with van der Waals surface area (Å²) in [6, 6.07) is 11.7. The summed E-state index contributed by atoms with van der Waals surface area (Å²) < 4.78 is 6.35. The molecule has 0 spiro atoms. The number of benzene rings is 1. The van der Waals surface area contributed by atoms with Gasteiger partial charge in [0.1, 0.15) is 5.76 Å². The first-order valence-electron chi connectivity index (χ1n) is 5.87. The number of hydrogen-bond donors (Lipinski definition) is 2. The number of furan rings is 1. The normalized spacial score (nSPS) is 14.4. The van der Waals surface area contributed by atoms with E-state index in [0.29, 0.717) is 0 Å². The fourth-order valence-corrected chi connectivity index (χ4v) is 2.48. The number of rotatable bonds is 5. The molecule has 1 aromatic heterocycles. The Balaban J connectivity index is 2.10. The molecule has 0 fully saturated rings. The Hall–Kier alpha value is -1.10. The predicted octanol–water partition coefficient (Wildman–Crippen LogP) is 3.43. The lowest BCUT2D eigenvalue weighted by atomic mass is 10.1. The Bertz CT molecular complexity index is 484. The Labute approximate surface area is 115 Å². The van der Waals surface area contributed by atoms with E-state index in [9.17, 15) is 5.11 Å². The summed E-state index contributed by atoms with van der Waals surface area (Å²) in [6.45, 7) is 2.06. The predicted molar refractivity (Wildman–Crippen MR) is 74.2 cm³/mol. The van der Waals surface area contributed by atoms with Crippen LogP contribution in [0.25, 0.3) is 0 Å². The second-order valence-electron chi connectivity index (χ2n) is 4.17. The van der Waals surface area contributed by atoms with Gasteiger partial charge in [-0.15, -0.1) is 0 Å². The third kappa shape index (κ3) is 3.02. The molecule has 2 rings (SSSR count). The molecule has 0 aliphatic carbocycles. The number of halogens is 1. The SMILES string of the molecule is CC(NC(CO)c1ccccc1)c1occc1Br. The first-order valence-corrected chi connectivity index (χ1v) is 6.66. The number of aliphatic hydroxyl groups is 1. The molecule has 2 unspecified atom stereocenters. The molecule has 0 radical (unpaired) electrons. The lowest BCUT2D eigenvalue weighted by Gasteiger charge is -2.21. The van der Waals surface area contributed by atoms with Crippen molar-refractivity contribution < 1.29 is 9.52 Å². The lowest BCUT2D eigenvalue weighted by molar-refractivity contribution is 0.230. The molecule has 2 N–H and O–H groups in total. The van der Waals surface area contributed by atoms with Gasteiger partial charge < -0.3 is 9.52 Å². The van der Waals surface area contributed by atoms with Crippen LogP contribution in [-0.2, 0) is 0 Å². The number of aliphatic hydroxyl groups excluding tert-OH is 1. The van der Waals surface area contributed by atoms with E-state index in [4.69, 9.17) is 4.42 Å². The highest BCUT2D eigenvalue weighted by Gasteiger charge is 2.18. The van der Waals surface area contributed by atoms with E-state index in [0.717, 1.165) is 15.8 Å². The zero-order valence-corrected chi connectivity index (χ0v) is 11.7. The third-order valence-corrected chi connectivity index (χ3v) is 3.53. The van der Waals surface area contributed by atoms with E-state index in [1.54, 1.807) is 6.26 Å². The van der Waals surface area contributed by atoms with E-state index < -0.39 is 0 Å². The summed E-state index contributed by atoms with van der Waals surface area (Å²) in [5, 5.41) is 12.8. The van der Waals surface area contributed by atoms with Gasteiger partial charge in [-0.05, 0) is 34.5 Å². The molecule has 96 valence electrons. The monoisotopic (exact) mass is 309 g/mol. The average Bonchev–Trinajstić information content (AvgIpc) is 2.83. The first-order chi connectivity index (χ1) is 8.72. The smallest absolute Gasteiger partial charge is 0.134 e. The summed E-state index contributed by atoms with van der Waals surface area (Å²) in [7, 11) is 0. The third-order valence-electron chi connectivity index (χ3n) is 2.87. The van der Waals surface area contributed by atoms with Crippen molar-refractivity contribution in [3.05, 3.63) is 58.5 Å². The minimum Gasteiger partial charge on any atom is -0.466 e. The van der Waals surface area contributed by atoms with E-state index in [1.165, 1.54) is 0 Å². The quantitative estimate of drug-likeness (QED) is 0.889. The van der Waals surface area contributed by atoms with Crippen LogP contribution < -0.4 is 5.32 Å². The highest BCUT2D eigenvalue weighted by atomic mass is 79.9. The maximum Gasteiger partial charge on any atom is 0.134 e. The molecule has 2 atom stereocenters. The summed E-state index contributed by atoms with van der Waals surface area (Å²) in [5.74, 6) is 0.837. The first kappa shape index (κ1) is 13.3. The van der Waals surface area contributed by atoms with Gasteiger partial charge in [0, 0.05) is 0 Å². The molecule has 0 amide bonds. The van der Waals surface area contributed by atoms with Gasteiger partial charge in [-0.1, -0.05) is 30.3 Å². The van der Waals surface area contributed by atoms with Gasteiger partial charge in [0.2, 0.25) is 0 Å². The van der Waals surface area contributed by atoms with Gasteiger partial charge in [-0.3, -0.25) is 5.32 Å². The molecule has 0 saturated heterocycles. The molecule has 0 aliphatic rings. The van der Waals surface area contributed by atoms with Gasteiger partial charge in [0.05, 0.1) is 29.4 Å². The van der Waals surface area contributed by atoms with Crippen molar-refractivity contribution in [1.29, 1.82) is 0 Å². The van der Waals surface area contributed by atoms with Crippen LogP contribution in [0.3, 0.4) is 0 Å². The summed E-state index contributed by atoms with van der Waals surface area (Å²) in [4.78, 5) is 0. The van der Waals surface area contributed by atoms with Crippen LogP contribution in [0.15, 0.2) is 51.6 Å². The topological polar surface area (TPSA) is 45.4 Å². The Morgan fingerprint density at radius 3 is 2.56 bits per heavy atom. The average molecular weight is 310 g/mol. The molecule has 0 aliphatic heterocycles. The zero-order chi connectivity index (χ0) is 13.0. The van der Waals surface area contributed by atoms with E-state index >= 15 is 0 Å². The lowest BCUT2D eigenvalue weighted by Crippen LogP contribution is -2.27. The Morgan fingerprint density at radius 2 is 2.00 bits per heavy atom. The van der Waals surface area contributed by atoms with Crippen molar-refractivity contribution in [3.63, 3.8) is 0 Å². The maximum atomic E-state index is 9.49. The summed E-state index contributed by atoms with van der Waals surface area (Å²) in [6.07, 6.45) is 1.65. The Morgan fingerprint density at radius 1 is 1.28 bits per heavy atom. The van der Waals surface area contributed by atoms with Crippen LogP contribution in [0, 0.1) is 0 Å². The van der Waals surface area contributed by atoms with Crippen LogP contribution in [-0.4, -0.2) is 11.7 Å². The van der Waals surface area contributed by atoms with Crippen LogP contribution in [0.2, 0.25) is 0 Å². The van der Waals surface area contributed by atoms with Gasteiger partial charge in [-0.2, -0.15) is 0 Å². The van der Waals surface area contributed by atoms with Crippen LogP contribution >= 0.6 is 15.9 Å². The van der Waals surface area contributed by atoms with Crippen LogP contribution in [0.4, 0.5) is 0 Å². The van der Waals surface area contributed by atoms with Gasteiger partial charge in [0.15, 0.2) is 0 Å². The van der Waals surface area contributed by atoms with Crippen molar-refractivity contribution in [1.82, 2.24) is 5.32 Å².